The topological polar surface area (TPSA) is 52.0 Å². The third kappa shape index (κ3) is 1.74. The maximum atomic E-state index is 13.1. The molecule has 0 atom stereocenters. The lowest BCUT2D eigenvalue weighted by Gasteiger charge is -2.01. The minimum Gasteiger partial charge on any atom is -0.381 e. The van der Waals surface area contributed by atoms with Crippen LogP contribution in [0.4, 0.5) is 10.2 Å². The molecule has 5 heteroatoms. The highest BCUT2D eigenvalue weighted by molar-refractivity contribution is 9.10. The number of hydrogen-bond acceptors (Lipinski definition) is 3. The van der Waals surface area contributed by atoms with Crippen LogP contribution in [-0.2, 0) is 0 Å². The van der Waals surface area contributed by atoms with E-state index in [1.165, 1.54) is 12.1 Å². The van der Waals surface area contributed by atoms with E-state index < -0.39 is 0 Å². The van der Waals surface area contributed by atoms with Crippen molar-refractivity contribution in [2.45, 2.75) is 6.92 Å². The standard InChI is InChI=1S/C10H8BrFN2O/c1-5-9(15-14-10(5)13)7-4-6(12)2-3-8(7)11/h2-4H,1H3,(H2,13,14). The average molecular weight is 271 g/mol. The second-order valence-electron chi connectivity index (χ2n) is 3.15. The van der Waals surface area contributed by atoms with Gasteiger partial charge in [-0.05, 0) is 25.1 Å². The third-order valence-corrected chi connectivity index (χ3v) is 2.82. The van der Waals surface area contributed by atoms with E-state index in [9.17, 15) is 4.39 Å². The molecule has 2 aromatic rings. The number of benzene rings is 1. The highest BCUT2D eigenvalue weighted by Gasteiger charge is 2.14. The first-order valence-electron chi connectivity index (χ1n) is 4.26. The van der Waals surface area contributed by atoms with E-state index in [-0.39, 0.29) is 5.82 Å². The van der Waals surface area contributed by atoms with Crippen molar-refractivity contribution in [3.8, 4) is 11.3 Å². The lowest BCUT2D eigenvalue weighted by molar-refractivity contribution is 0.435. The largest absolute Gasteiger partial charge is 0.381 e. The van der Waals surface area contributed by atoms with Crippen molar-refractivity contribution in [1.82, 2.24) is 5.16 Å². The smallest absolute Gasteiger partial charge is 0.173 e. The van der Waals surface area contributed by atoms with Crippen molar-refractivity contribution < 1.29 is 8.91 Å². The van der Waals surface area contributed by atoms with Crippen molar-refractivity contribution in [3.05, 3.63) is 34.1 Å². The molecule has 3 nitrogen and oxygen atoms in total. The van der Waals surface area contributed by atoms with Crippen LogP contribution in [0.3, 0.4) is 0 Å². The van der Waals surface area contributed by atoms with Crippen molar-refractivity contribution in [1.29, 1.82) is 0 Å². The van der Waals surface area contributed by atoms with E-state index in [0.717, 1.165) is 4.47 Å². The van der Waals surface area contributed by atoms with Crippen LogP contribution in [0, 0.1) is 12.7 Å². The monoisotopic (exact) mass is 270 g/mol. The maximum Gasteiger partial charge on any atom is 0.173 e. The molecule has 15 heavy (non-hydrogen) atoms. The first-order chi connectivity index (χ1) is 7.09. The molecule has 0 amide bonds. The normalized spacial score (nSPS) is 10.6. The second-order valence-corrected chi connectivity index (χ2v) is 4.00. The minimum absolute atomic E-state index is 0.321. The summed E-state index contributed by atoms with van der Waals surface area (Å²) in [5, 5.41) is 3.62. The van der Waals surface area contributed by atoms with Gasteiger partial charge in [0.05, 0.1) is 0 Å². The molecule has 1 aromatic carbocycles. The zero-order valence-electron chi connectivity index (χ0n) is 7.92. The van der Waals surface area contributed by atoms with Crippen LogP contribution in [0.5, 0.6) is 0 Å². The Bertz CT molecular complexity index is 510. The van der Waals surface area contributed by atoms with E-state index in [1.807, 2.05) is 0 Å². The minimum atomic E-state index is -0.331. The molecular weight excluding hydrogens is 263 g/mol. The first kappa shape index (κ1) is 10.2. The van der Waals surface area contributed by atoms with Gasteiger partial charge in [-0.2, -0.15) is 0 Å². The van der Waals surface area contributed by atoms with Crippen LogP contribution in [-0.4, -0.2) is 5.16 Å². The van der Waals surface area contributed by atoms with E-state index in [4.69, 9.17) is 10.3 Å². The summed E-state index contributed by atoms with van der Waals surface area (Å²) in [4.78, 5) is 0. The molecule has 0 unspecified atom stereocenters. The second kappa shape index (κ2) is 3.66. The molecule has 0 aliphatic carbocycles. The molecule has 0 aliphatic heterocycles. The summed E-state index contributed by atoms with van der Waals surface area (Å²) in [6, 6.07) is 4.35. The van der Waals surface area contributed by atoms with E-state index in [0.29, 0.717) is 22.7 Å². The summed E-state index contributed by atoms with van der Waals surface area (Å²) in [5.74, 6) is 0.475. The van der Waals surface area contributed by atoms with Crippen LogP contribution < -0.4 is 5.73 Å². The predicted octanol–water partition coefficient (Wildman–Crippen LogP) is 3.13. The number of rotatable bonds is 1. The van der Waals surface area contributed by atoms with E-state index in [2.05, 4.69) is 21.1 Å². The van der Waals surface area contributed by atoms with Gasteiger partial charge in [-0.3, -0.25) is 0 Å². The van der Waals surface area contributed by atoms with Crippen molar-refractivity contribution in [3.63, 3.8) is 0 Å². The molecule has 78 valence electrons. The molecule has 0 radical (unpaired) electrons. The van der Waals surface area contributed by atoms with Crippen molar-refractivity contribution in [2.24, 2.45) is 0 Å². The zero-order chi connectivity index (χ0) is 11.0. The molecule has 0 aliphatic rings. The van der Waals surface area contributed by atoms with Gasteiger partial charge in [0.25, 0.3) is 0 Å². The van der Waals surface area contributed by atoms with Gasteiger partial charge in [-0.1, -0.05) is 21.1 Å². The highest BCUT2D eigenvalue weighted by Crippen LogP contribution is 2.33. The Morgan fingerprint density at radius 1 is 1.47 bits per heavy atom. The van der Waals surface area contributed by atoms with Gasteiger partial charge in [0, 0.05) is 15.6 Å². The summed E-state index contributed by atoms with van der Waals surface area (Å²) in [5.41, 5.74) is 6.87. The van der Waals surface area contributed by atoms with Crippen LogP contribution in [0.15, 0.2) is 27.2 Å². The van der Waals surface area contributed by atoms with Crippen LogP contribution in [0.2, 0.25) is 0 Å². The number of nitrogen functional groups attached to an aromatic ring is 1. The predicted molar refractivity (Wildman–Crippen MR) is 58.7 cm³/mol. The van der Waals surface area contributed by atoms with Crippen LogP contribution in [0.1, 0.15) is 5.56 Å². The first-order valence-corrected chi connectivity index (χ1v) is 5.06. The van der Waals surface area contributed by atoms with Gasteiger partial charge < -0.3 is 10.3 Å². The van der Waals surface area contributed by atoms with Gasteiger partial charge in [-0.25, -0.2) is 4.39 Å². The van der Waals surface area contributed by atoms with Crippen molar-refractivity contribution in [2.75, 3.05) is 5.73 Å². The molecule has 1 heterocycles. The van der Waals surface area contributed by atoms with Gasteiger partial charge in [-0.15, -0.1) is 0 Å². The fourth-order valence-corrected chi connectivity index (χ4v) is 1.70. The molecule has 1 aromatic heterocycles. The number of aromatic nitrogens is 1. The number of hydrogen-bond donors (Lipinski definition) is 1. The number of nitrogens with two attached hydrogens (primary N) is 1. The Morgan fingerprint density at radius 3 is 2.80 bits per heavy atom. The Hall–Kier alpha value is -1.36. The molecule has 0 spiro atoms. The Labute approximate surface area is 94.2 Å². The Morgan fingerprint density at radius 2 is 2.20 bits per heavy atom. The fourth-order valence-electron chi connectivity index (χ4n) is 1.27. The number of halogens is 2. The molecular formula is C10H8BrFN2O. The van der Waals surface area contributed by atoms with Gasteiger partial charge in [0.1, 0.15) is 5.82 Å². The van der Waals surface area contributed by atoms with E-state index >= 15 is 0 Å². The summed E-state index contributed by atoms with van der Waals surface area (Å²) in [6.45, 7) is 1.78. The quantitative estimate of drug-likeness (QED) is 0.866. The van der Waals surface area contributed by atoms with E-state index in [1.54, 1.807) is 13.0 Å². The Balaban J connectivity index is 2.63. The zero-order valence-corrected chi connectivity index (χ0v) is 9.51. The van der Waals surface area contributed by atoms with Crippen LogP contribution >= 0.6 is 15.9 Å². The molecule has 2 N–H and O–H groups in total. The maximum absolute atomic E-state index is 13.1. The Kier molecular flexibility index (Phi) is 2.48. The molecule has 0 bridgehead atoms. The summed E-state index contributed by atoms with van der Waals surface area (Å²) >= 11 is 3.32. The van der Waals surface area contributed by atoms with Gasteiger partial charge in [0.15, 0.2) is 11.6 Å². The average Bonchev–Trinajstić information content (AvgIpc) is 2.52. The van der Waals surface area contributed by atoms with Crippen LogP contribution in [0.25, 0.3) is 11.3 Å². The highest BCUT2D eigenvalue weighted by atomic mass is 79.9. The van der Waals surface area contributed by atoms with Crippen molar-refractivity contribution >= 4 is 21.7 Å². The van der Waals surface area contributed by atoms with Gasteiger partial charge >= 0.3 is 0 Å². The fraction of sp³-hybridized carbons (Fsp3) is 0.100. The van der Waals surface area contributed by atoms with Gasteiger partial charge in [0.2, 0.25) is 0 Å². The summed E-state index contributed by atoms with van der Waals surface area (Å²) in [7, 11) is 0. The number of anilines is 1. The SMILES string of the molecule is Cc1c(N)noc1-c1cc(F)ccc1Br. The molecule has 0 fully saturated rings. The lowest BCUT2D eigenvalue weighted by Crippen LogP contribution is -1.87. The summed E-state index contributed by atoms with van der Waals surface area (Å²) in [6.07, 6.45) is 0. The molecule has 2 rings (SSSR count). The number of nitrogens with zero attached hydrogens (tertiary/aromatic N) is 1. The third-order valence-electron chi connectivity index (χ3n) is 2.13. The summed E-state index contributed by atoms with van der Waals surface area (Å²) < 4.78 is 18.8. The lowest BCUT2D eigenvalue weighted by atomic mass is 10.1. The molecule has 0 saturated carbocycles. The molecule has 0 saturated heterocycles.